The van der Waals surface area contributed by atoms with Crippen molar-refractivity contribution in [2.45, 2.75) is 39.2 Å². The number of hydrogen-bond acceptors (Lipinski definition) is 7. The molecule has 0 spiro atoms. The molecule has 1 amide bonds. The normalized spacial score (nSPS) is 12.0. The number of carbonyl (C=O) groups excluding carboxylic acids is 1. The van der Waals surface area contributed by atoms with Gasteiger partial charge >= 0.3 is 5.69 Å². The van der Waals surface area contributed by atoms with Gasteiger partial charge in [-0.05, 0) is 25.5 Å². The highest BCUT2D eigenvalue weighted by Crippen LogP contribution is 2.11. The fraction of sp³-hybridized carbons (Fsp3) is 0.368. The number of aryl methyl sites for hydroxylation is 1. The zero-order valence-electron chi connectivity index (χ0n) is 16.5. The summed E-state index contributed by atoms with van der Waals surface area (Å²) in [6, 6.07) is 8.80. The molecule has 2 aromatic heterocycles. The summed E-state index contributed by atoms with van der Waals surface area (Å²) in [5.41, 5.74) is -0.839. The van der Waals surface area contributed by atoms with Crippen LogP contribution < -0.4 is 16.6 Å². The van der Waals surface area contributed by atoms with Gasteiger partial charge in [-0.15, -0.1) is 0 Å². The predicted octanol–water partition coefficient (Wildman–Crippen LogP) is 0.829. The van der Waals surface area contributed by atoms with Crippen LogP contribution in [0.15, 0.2) is 44.4 Å². The Morgan fingerprint density at radius 1 is 1.24 bits per heavy atom. The van der Waals surface area contributed by atoms with E-state index < -0.39 is 11.2 Å². The third-order valence-corrected chi connectivity index (χ3v) is 4.44. The highest BCUT2D eigenvalue weighted by atomic mass is 16.5. The highest BCUT2D eigenvalue weighted by Gasteiger charge is 2.19. The lowest BCUT2D eigenvalue weighted by Gasteiger charge is -2.10. The van der Waals surface area contributed by atoms with Crippen LogP contribution in [0, 0.1) is 0 Å². The van der Waals surface area contributed by atoms with Gasteiger partial charge < -0.3 is 9.84 Å². The van der Waals surface area contributed by atoms with Gasteiger partial charge in [0.1, 0.15) is 0 Å². The third kappa shape index (κ3) is 4.48. The predicted molar refractivity (Wildman–Crippen MR) is 105 cm³/mol. The molecule has 3 rings (SSSR count). The van der Waals surface area contributed by atoms with Crippen molar-refractivity contribution in [1.29, 1.82) is 0 Å². The van der Waals surface area contributed by atoms with Crippen LogP contribution in [-0.4, -0.2) is 36.4 Å². The second kappa shape index (κ2) is 8.63. The zero-order valence-corrected chi connectivity index (χ0v) is 16.5. The fourth-order valence-corrected chi connectivity index (χ4v) is 2.57. The van der Waals surface area contributed by atoms with E-state index in [4.69, 9.17) is 4.52 Å². The van der Waals surface area contributed by atoms with Crippen LogP contribution in [-0.2, 0) is 18.3 Å². The molecule has 10 heteroatoms. The number of hydrogen-bond donors (Lipinski definition) is 1. The van der Waals surface area contributed by atoms with Crippen molar-refractivity contribution >= 4 is 5.91 Å². The summed E-state index contributed by atoms with van der Waals surface area (Å²) < 4.78 is 7.19. The van der Waals surface area contributed by atoms with Crippen LogP contribution >= 0.6 is 0 Å². The van der Waals surface area contributed by atoms with Crippen LogP contribution in [0.3, 0.4) is 0 Å². The number of nitrogens with one attached hydrogen (secondary N) is 1. The molecule has 1 aromatic carbocycles. The number of aromatic nitrogens is 5. The topological polar surface area (TPSA) is 125 Å². The van der Waals surface area contributed by atoms with Gasteiger partial charge in [-0.2, -0.15) is 14.8 Å². The lowest BCUT2D eigenvalue weighted by molar-refractivity contribution is -0.121. The molecule has 0 bridgehead atoms. The van der Waals surface area contributed by atoms with Crippen LogP contribution in [0.25, 0.3) is 17.2 Å². The summed E-state index contributed by atoms with van der Waals surface area (Å²) in [4.78, 5) is 41.0. The second-order valence-corrected chi connectivity index (χ2v) is 6.63. The Morgan fingerprint density at radius 2 is 1.97 bits per heavy atom. The minimum atomic E-state index is -0.635. The number of benzene rings is 1. The molecule has 0 radical (unpaired) electrons. The number of rotatable bonds is 7. The first-order valence-corrected chi connectivity index (χ1v) is 9.28. The summed E-state index contributed by atoms with van der Waals surface area (Å²) in [6.07, 6.45) is 1.25. The summed E-state index contributed by atoms with van der Waals surface area (Å²) >= 11 is 0. The Balaban J connectivity index is 1.87. The lowest BCUT2D eigenvalue weighted by atomic mass is 10.2. The van der Waals surface area contributed by atoms with Crippen molar-refractivity contribution in [3.63, 3.8) is 0 Å². The molecule has 0 aliphatic heterocycles. The Kier molecular flexibility index (Phi) is 6.01. The monoisotopic (exact) mass is 398 g/mol. The molecule has 0 saturated heterocycles. The van der Waals surface area contributed by atoms with Gasteiger partial charge in [0.25, 0.3) is 5.56 Å². The summed E-state index contributed by atoms with van der Waals surface area (Å²) in [6.45, 7) is 3.91. The van der Waals surface area contributed by atoms with Crippen LogP contribution in [0.1, 0.15) is 32.6 Å². The van der Waals surface area contributed by atoms with Crippen molar-refractivity contribution < 1.29 is 9.32 Å². The number of carbonyl (C=O) groups is 1. The molecular formula is C19H22N6O4. The molecule has 1 atom stereocenters. The van der Waals surface area contributed by atoms with Gasteiger partial charge in [0.15, 0.2) is 5.69 Å². The molecule has 0 unspecified atom stereocenters. The van der Waals surface area contributed by atoms with Crippen molar-refractivity contribution in [2.75, 3.05) is 0 Å². The Morgan fingerprint density at radius 3 is 2.66 bits per heavy atom. The van der Waals surface area contributed by atoms with E-state index in [1.807, 2.05) is 13.8 Å². The molecule has 2 heterocycles. The van der Waals surface area contributed by atoms with Gasteiger partial charge in [0.05, 0.1) is 5.69 Å². The maximum atomic E-state index is 12.5. The molecule has 0 saturated carbocycles. The smallest absolute Gasteiger partial charge is 0.351 e. The van der Waals surface area contributed by atoms with Gasteiger partial charge in [0.2, 0.25) is 17.6 Å². The van der Waals surface area contributed by atoms with Crippen molar-refractivity contribution in [2.24, 2.45) is 7.05 Å². The first-order chi connectivity index (χ1) is 13.9. The third-order valence-electron chi connectivity index (χ3n) is 4.44. The maximum Gasteiger partial charge on any atom is 0.351 e. The van der Waals surface area contributed by atoms with E-state index in [0.717, 1.165) is 15.7 Å². The molecule has 10 nitrogen and oxygen atoms in total. The fourth-order valence-electron chi connectivity index (χ4n) is 2.57. The van der Waals surface area contributed by atoms with E-state index in [9.17, 15) is 14.4 Å². The van der Waals surface area contributed by atoms with Crippen molar-refractivity contribution in [3.8, 4) is 17.2 Å². The molecular weight excluding hydrogens is 376 g/mol. The zero-order chi connectivity index (χ0) is 21.0. The van der Waals surface area contributed by atoms with Crippen LogP contribution in [0.5, 0.6) is 0 Å². The number of nitrogens with zero attached hydrogens (tertiary/aromatic N) is 5. The molecule has 0 fully saturated rings. The van der Waals surface area contributed by atoms with E-state index in [-0.39, 0.29) is 42.2 Å². The SMILES string of the molecule is CC[C@@H](C)NC(=O)CCc1nc(-c2nn(-c3ccccc3)c(=O)n(C)c2=O)no1. The minimum absolute atomic E-state index is 0.0346. The highest BCUT2D eigenvalue weighted by molar-refractivity contribution is 5.76. The van der Waals surface area contributed by atoms with E-state index in [1.54, 1.807) is 30.3 Å². The molecule has 3 aromatic rings. The number of amides is 1. The van der Waals surface area contributed by atoms with E-state index in [2.05, 4.69) is 20.6 Å². The first-order valence-electron chi connectivity index (χ1n) is 9.28. The van der Waals surface area contributed by atoms with Crippen molar-refractivity contribution in [1.82, 2.24) is 29.8 Å². The molecule has 0 aliphatic carbocycles. The minimum Gasteiger partial charge on any atom is -0.354 e. The lowest BCUT2D eigenvalue weighted by Crippen LogP contribution is -2.40. The standard InChI is InChI=1S/C19H22N6O4/c1-4-12(2)20-14(26)10-11-15-21-17(23-29-15)16-18(27)24(3)19(28)25(22-16)13-8-6-5-7-9-13/h5-9,12H,4,10-11H2,1-3H3,(H,20,26)/t12-/m1/s1. The van der Waals surface area contributed by atoms with E-state index in [0.29, 0.717) is 5.69 Å². The van der Waals surface area contributed by atoms with Gasteiger partial charge in [0, 0.05) is 25.9 Å². The summed E-state index contributed by atoms with van der Waals surface area (Å²) in [7, 11) is 1.36. The van der Waals surface area contributed by atoms with Crippen molar-refractivity contribution in [3.05, 3.63) is 57.1 Å². The van der Waals surface area contributed by atoms with Crippen LogP contribution in [0.2, 0.25) is 0 Å². The molecule has 29 heavy (non-hydrogen) atoms. The quantitative estimate of drug-likeness (QED) is 0.625. The molecule has 0 aliphatic rings. The Hall–Kier alpha value is -3.56. The maximum absolute atomic E-state index is 12.5. The number of para-hydroxylation sites is 1. The van der Waals surface area contributed by atoms with E-state index >= 15 is 0 Å². The average Bonchev–Trinajstić information content (AvgIpc) is 3.20. The summed E-state index contributed by atoms with van der Waals surface area (Å²) in [5.74, 6) is 0.0546. The Bertz CT molecular complexity index is 1120. The summed E-state index contributed by atoms with van der Waals surface area (Å²) in [5, 5.41) is 10.8. The Labute approximate surface area is 166 Å². The van der Waals surface area contributed by atoms with Gasteiger partial charge in [-0.25, -0.2) is 4.79 Å². The first kappa shape index (κ1) is 20.2. The van der Waals surface area contributed by atoms with Gasteiger partial charge in [-0.3, -0.25) is 14.2 Å². The van der Waals surface area contributed by atoms with Crippen LogP contribution in [0.4, 0.5) is 0 Å². The van der Waals surface area contributed by atoms with Gasteiger partial charge in [-0.1, -0.05) is 30.3 Å². The largest absolute Gasteiger partial charge is 0.354 e. The molecule has 152 valence electrons. The second-order valence-electron chi connectivity index (χ2n) is 6.63. The molecule has 1 N–H and O–H groups in total. The van der Waals surface area contributed by atoms with E-state index in [1.165, 1.54) is 7.05 Å². The average molecular weight is 398 g/mol.